The Morgan fingerprint density at radius 2 is 2.17 bits per heavy atom. The molecule has 1 amide bonds. The van der Waals surface area contributed by atoms with E-state index in [0.717, 1.165) is 0 Å². The van der Waals surface area contributed by atoms with Crippen LogP contribution in [0.25, 0.3) is 0 Å². The van der Waals surface area contributed by atoms with Gasteiger partial charge in [-0.1, -0.05) is 0 Å². The Bertz CT molecular complexity index is 305. The molecule has 1 saturated heterocycles. The maximum Gasteiger partial charge on any atom is 0.305 e. The van der Waals surface area contributed by atoms with E-state index in [-0.39, 0.29) is 12.3 Å². The molecule has 1 fully saturated rings. The van der Waals surface area contributed by atoms with E-state index in [1.54, 1.807) is 14.0 Å². The number of carbonyl (C=O) groups excluding carboxylic acids is 1. The monoisotopic (exact) mass is 259 g/mol. The molecule has 7 nitrogen and oxygen atoms in total. The van der Waals surface area contributed by atoms with Crippen LogP contribution in [0.4, 0.5) is 0 Å². The zero-order chi connectivity index (χ0) is 13.6. The molecule has 7 heteroatoms. The van der Waals surface area contributed by atoms with Gasteiger partial charge in [0.2, 0.25) is 5.91 Å². The number of carboxylic acids is 1. The highest BCUT2D eigenvalue weighted by Gasteiger charge is 2.40. The number of ether oxygens (including phenoxy) is 1. The molecule has 0 aromatic heterocycles. The van der Waals surface area contributed by atoms with Gasteiger partial charge >= 0.3 is 5.97 Å². The van der Waals surface area contributed by atoms with Crippen molar-refractivity contribution in [2.24, 2.45) is 0 Å². The fourth-order valence-corrected chi connectivity index (χ4v) is 1.95. The first-order valence-corrected chi connectivity index (χ1v) is 5.96. The van der Waals surface area contributed by atoms with Crippen LogP contribution in [0.1, 0.15) is 13.3 Å². The first-order chi connectivity index (χ1) is 8.49. The molecule has 1 rings (SSSR count). The lowest BCUT2D eigenvalue weighted by Gasteiger charge is -2.44. The summed E-state index contributed by atoms with van der Waals surface area (Å²) in [4.78, 5) is 22.5. The number of aliphatic carboxylic acids is 1. The Morgan fingerprint density at radius 1 is 1.50 bits per heavy atom. The Morgan fingerprint density at radius 3 is 2.61 bits per heavy atom. The zero-order valence-electron chi connectivity index (χ0n) is 10.8. The summed E-state index contributed by atoms with van der Waals surface area (Å²) >= 11 is 0. The van der Waals surface area contributed by atoms with E-state index >= 15 is 0 Å². The van der Waals surface area contributed by atoms with Gasteiger partial charge in [-0.2, -0.15) is 0 Å². The van der Waals surface area contributed by atoms with E-state index in [2.05, 4.69) is 16.0 Å². The van der Waals surface area contributed by atoms with E-state index in [4.69, 9.17) is 9.84 Å². The van der Waals surface area contributed by atoms with Gasteiger partial charge in [-0.3, -0.25) is 14.9 Å². The van der Waals surface area contributed by atoms with Crippen LogP contribution in [0.2, 0.25) is 0 Å². The highest BCUT2D eigenvalue weighted by molar-refractivity contribution is 5.81. The van der Waals surface area contributed by atoms with Gasteiger partial charge in [0.25, 0.3) is 0 Å². The summed E-state index contributed by atoms with van der Waals surface area (Å²) in [7, 11) is 1.57. The Labute approximate surface area is 106 Å². The summed E-state index contributed by atoms with van der Waals surface area (Å²) in [6.07, 6.45) is 0.00961. The Kier molecular flexibility index (Phi) is 5.52. The van der Waals surface area contributed by atoms with Crippen molar-refractivity contribution >= 4 is 11.9 Å². The van der Waals surface area contributed by atoms with E-state index in [9.17, 15) is 9.59 Å². The average Bonchev–Trinajstić information content (AvgIpc) is 2.25. The molecule has 0 bridgehead atoms. The highest BCUT2D eigenvalue weighted by atomic mass is 16.5. The predicted octanol–water partition coefficient (Wildman–Crippen LogP) is -1.46. The fraction of sp³-hybridized carbons (Fsp3) is 0.818. The van der Waals surface area contributed by atoms with Crippen LogP contribution in [-0.4, -0.2) is 61.9 Å². The number of carboxylic acid groups (broad SMARTS) is 1. The second kappa shape index (κ2) is 6.67. The number of hydrogen-bond donors (Lipinski definition) is 4. The number of nitrogens with one attached hydrogen (secondary N) is 3. The van der Waals surface area contributed by atoms with E-state index in [0.29, 0.717) is 26.2 Å². The van der Waals surface area contributed by atoms with Crippen LogP contribution in [0.5, 0.6) is 0 Å². The first kappa shape index (κ1) is 14.9. The SMILES string of the molecule is COCCNC(=O)C(C)NC1(CC(=O)O)CNC1. The molecule has 0 aliphatic carbocycles. The second-order valence-electron chi connectivity index (χ2n) is 4.60. The molecule has 1 atom stereocenters. The Balaban J connectivity index is 2.39. The number of amides is 1. The van der Waals surface area contributed by atoms with Gasteiger partial charge in [-0.15, -0.1) is 0 Å². The molecule has 1 aliphatic heterocycles. The lowest BCUT2D eigenvalue weighted by molar-refractivity contribution is -0.140. The summed E-state index contributed by atoms with van der Waals surface area (Å²) in [6, 6.07) is -0.427. The van der Waals surface area contributed by atoms with Gasteiger partial charge in [0.05, 0.1) is 24.6 Å². The Hall–Kier alpha value is -1.18. The molecule has 0 spiro atoms. The predicted molar refractivity (Wildman–Crippen MR) is 65.3 cm³/mol. The summed E-state index contributed by atoms with van der Waals surface area (Å²) in [5.41, 5.74) is -0.510. The van der Waals surface area contributed by atoms with Crippen molar-refractivity contribution in [3.8, 4) is 0 Å². The van der Waals surface area contributed by atoms with Crippen molar-refractivity contribution in [1.29, 1.82) is 0 Å². The zero-order valence-corrected chi connectivity index (χ0v) is 10.8. The van der Waals surface area contributed by atoms with Crippen molar-refractivity contribution in [3.63, 3.8) is 0 Å². The molecule has 4 N–H and O–H groups in total. The fourth-order valence-electron chi connectivity index (χ4n) is 1.95. The highest BCUT2D eigenvalue weighted by Crippen LogP contribution is 2.16. The van der Waals surface area contributed by atoms with Crippen LogP contribution >= 0.6 is 0 Å². The summed E-state index contributed by atoms with van der Waals surface area (Å²) in [5.74, 6) is -1.01. The molecular formula is C11H21N3O4. The van der Waals surface area contributed by atoms with Crippen molar-refractivity contribution in [2.45, 2.75) is 24.9 Å². The standard InChI is InChI=1S/C11H21N3O4/c1-8(10(17)13-3-4-18-2)14-11(5-9(15)16)6-12-7-11/h8,12,14H,3-7H2,1-2H3,(H,13,17)(H,15,16). The van der Waals surface area contributed by atoms with Gasteiger partial charge in [0.1, 0.15) is 0 Å². The molecule has 1 aliphatic rings. The lowest BCUT2D eigenvalue weighted by atomic mass is 9.87. The second-order valence-corrected chi connectivity index (χ2v) is 4.60. The smallest absolute Gasteiger partial charge is 0.305 e. The first-order valence-electron chi connectivity index (χ1n) is 5.96. The third-order valence-corrected chi connectivity index (χ3v) is 2.94. The minimum atomic E-state index is -0.865. The molecule has 1 unspecified atom stereocenters. The van der Waals surface area contributed by atoms with Gasteiger partial charge in [0, 0.05) is 26.7 Å². The molecule has 1 heterocycles. The topological polar surface area (TPSA) is 99.7 Å². The van der Waals surface area contributed by atoms with Gasteiger partial charge < -0.3 is 20.5 Å². The number of methoxy groups -OCH3 is 1. The molecule has 0 saturated carbocycles. The maximum atomic E-state index is 11.7. The molecule has 104 valence electrons. The summed E-state index contributed by atoms with van der Waals surface area (Å²) in [5, 5.41) is 17.7. The summed E-state index contributed by atoms with van der Waals surface area (Å²) in [6.45, 7) is 3.76. The van der Waals surface area contributed by atoms with Gasteiger partial charge in [-0.05, 0) is 6.92 Å². The molecule has 0 radical (unpaired) electrons. The third kappa shape index (κ3) is 4.25. The molecule has 18 heavy (non-hydrogen) atoms. The van der Waals surface area contributed by atoms with E-state index in [1.165, 1.54) is 0 Å². The minimum Gasteiger partial charge on any atom is -0.481 e. The van der Waals surface area contributed by atoms with Crippen LogP contribution in [0.3, 0.4) is 0 Å². The van der Waals surface area contributed by atoms with Crippen molar-refractivity contribution in [1.82, 2.24) is 16.0 Å². The van der Waals surface area contributed by atoms with Crippen LogP contribution < -0.4 is 16.0 Å². The van der Waals surface area contributed by atoms with Gasteiger partial charge in [0.15, 0.2) is 0 Å². The van der Waals surface area contributed by atoms with Crippen LogP contribution in [0, 0.1) is 0 Å². The average molecular weight is 259 g/mol. The van der Waals surface area contributed by atoms with Crippen molar-refractivity contribution < 1.29 is 19.4 Å². The molecule has 0 aromatic carbocycles. The lowest BCUT2D eigenvalue weighted by Crippen LogP contribution is -2.71. The molecular weight excluding hydrogens is 238 g/mol. The van der Waals surface area contributed by atoms with Crippen molar-refractivity contribution in [3.05, 3.63) is 0 Å². The van der Waals surface area contributed by atoms with Gasteiger partial charge in [-0.25, -0.2) is 0 Å². The third-order valence-electron chi connectivity index (χ3n) is 2.94. The van der Waals surface area contributed by atoms with Crippen molar-refractivity contribution in [2.75, 3.05) is 33.4 Å². The quantitative estimate of drug-likeness (QED) is 0.398. The maximum absolute atomic E-state index is 11.7. The summed E-state index contributed by atoms with van der Waals surface area (Å²) < 4.78 is 4.84. The van der Waals surface area contributed by atoms with Crippen LogP contribution in [0.15, 0.2) is 0 Å². The minimum absolute atomic E-state index is 0.00961. The van der Waals surface area contributed by atoms with E-state index < -0.39 is 17.6 Å². The molecule has 0 aromatic rings. The number of carbonyl (C=O) groups is 2. The van der Waals surface area contributed by atoms with Crippen LogP contribution in [-0.2, 0) is 14.3 Å². The van der Waals surface area contributed by atoms with E-state index in [1.807, 2.05) is 0 Å². The number of hydrogen-bond acceptors (Lipinski definition) is 5. The normalized spacial score (nSPS) is 18.8. The number of rotatable bonds is 8. The largest absolute Gasteiger partial charge is 0.481 e.